The maximum absolute atomic E-state index is 9.48. The zero-order valence-corrected chi connectivity index (χ0v) is 8.97. The summed E-state index contributed by atoms with van der Waals surface area (Å²) in [5.74, 6) is 0.857. The van der Waals surface area contributed by atoms with Crippen LogP contribution in [0.2, 0.25) is 0 Å². The molecule has 0 amide bonds. The van der Waals surface area contributed by atoms with Gasteiger partial charge in [0.25, 0.3) is 0 Å². The normalized spacial score (nSPS) is 20.5. The molecule has 13 heavy (non-hydrogen) atoms. The summed E-state index contributed by atoms with van der Waals surface area (Å²) in [6.45, 7) is 5.50. The maximum Gasteiger partial charge on any atom is 0.0715 e. The fourth-order valence-corrected chi connectivity index (χ4v) is 1.97. The van der Waals surface area contributed by atoms with Gasteiger partial charge in [0.15, 0.2) is 0 Å². The van der Waals surface area contributed by atoms with Crippen LogP contribution in [0.3, 0.4) is 0 Å². The fraction of sp³-hybridized carbons (Fsp3) is 1.00. The minimum Gasteiger partial charge on any atom is -0.389 e. The van der Waals surface area contributed by atoms with Crippen LogP contribution < -0.4 is 5.32 Å². The van der Waals surface area contributed by atoms with E-state index in [1.165, 1.54) is 32.1 Å². The summed E-state index contributed by atoms with van der Waals surface area (Å²) in [5.41, 5.74) is -0.561. The molecule has 1 saturated carbocycles. The van der Waals surface area contributed by atoms with Gasteiger partial charge in [0.05, 0.1) is 5.60 Å². The molecule has 0 saturated heterocycles. The third kappa shape index (κ3) is 5.27. The van der Waals surface area contributed by atoms with E-state index < -0.39 is 5.60 Å². The summed E-state index contributed by atoms with van der Waals surface area (Å²) in [5, 5.41) is 12.8. The molecule has 0 atom stereocenters. The highest BCUT2D eigenvalue weighted by atomic mass is 16.3. The minimum absolute atomic E-state index is 0.561. The molecule has 1 aliphatic carbocycles. The summed E-state index contributed by atoms with van der Waals surface area (Å²) < 4.78 is 0. The van der Waals surface area contributed by atoms with Gasteiger partial charge in [0.2, 0.25) is 0 Å². The lowest BCUT2D eigenvalue weighted by Gasteiger charge is -2.24. The van der Waals surface area contributed by atoms with Crippen LogP contribution in [0.5, 0.6) is 0 Å². The van der Waals surface area contributed by atoms with E-state index >= 15 is 0 Å². The third-order valence-electron chi connectivity index (χ3n) is 2.72. The van der Waals surface area contributed by atoms with Crippen molar-refractivity contribution in [3.05, 3.63) is 0 Å². The SMILES string of the molecule is CC(C)(O)CNCC1CCCCC1. The first-order valence-corrected chi connectivity index (χ1v) is 5.51. The van der Waals surface area contributed by atoms with Crippen LogP contribution >= 0.6 is 0 Å². The Hall–Kier alpha value is -0.0800. The van der Waals surface area contributed by atoms with Crippen molar-refractivity contribution < 1.29 is 5.11 Å². The number of aliphatic hydroxyl groups is 1. The van der Waals surface area contributed by atoms with Gasteiger partial charge in [-0.1, -0.05) is 19.3 Å². The van der Waals surface area contributed by atoms with Crippen LogP contribution in [-0.2, 0) is 0 Å². The number of hydrogen-bond donors (Lipinski definition) is 2. The summed E-state index contributed by atoms with van der Waals surface area (Å²) in [7, 11) is 0. The Morgan fingerprint density at radius 1 is 1.23 bits per heavy atom. The van der Waals surface area contributed by atoms with E-state index in [9.17, 15) is 5.11 Å². The fourth-order valence-electron chi connectivity index (χ4n) is 1.97. The summed E-state index contributed by atoms with van der Waals surface area (Å²) >= 11 is 0. The molecule has 0 radical (unpaired) electrons. The van der Waals surface area contributed by atoms with Crippen LogP contribution in [0.4, 0.5) is 0 Å². The molecule has 0 aromatic carbocycles. The zero-order chi connectivity index (χ0) is 9.73. The van der Waals surface area contributed by atoms with Gasteiger partial charge in [-0.15, -0.1) is 0 Å². The van der Waals surface area contributed by atoms with Crippen molar-refractivity contribution in [2.24, 2.45) is 5.92 Å². The van der Waals surface area contributed by atoms with E-state index in [0.717, 1.165) is 12.5 Å². The average molecular weight is 185 g/mol. The van der Waals surface area contributed by atoms with Crippen LogP contribution in [-0.4, -0.2) is 23.8 Å². The van der Waals surface area contributed by atoms with E-state index in [4.69, 9.17) is 0 Å². The highest BCUT2D eigenvalue weighted by Crippen LogP contribution is 2.22. The Morgan fingerprint density at radius 2 is 1.85 bits per heavy atom. The van der Waals surface area contributed by atoms with Gasteiger partial charge in [0, 0.05) is 6.54 Å². The lowest BCUT2D eigenvalue weighted by Crippen LogP contribution is -2.37. The Labute approximate surface area is 81.7 Å². The van der Waals surface area contributed by atoms with Crippen LogP contribution in [0.1, 0.15) is 46.0 Å². The highest BCUT2D eigenvalue weighted by Gasteiger charge is 2.15. The summed E-state index contributed by atoms with van der Waals surface area (Å²) in [6, 6.07) is 0. The molecule has 1 fully saturated rings. The van der Waals surface area contributed by atoms with Crippen molar-refractivity contribution in [3.8, 4) is 0 Å². The van der Waals surface area contributed by atoms with Crippen molar-refractivity contribution in [2.75, 3.05) is 13.1 Å². The van der Waals surface area contributed by atoms with Crippen LogP contribution in [0.15, 0.2) is 0 Å². The molecule has 0 aromatic heterocycles. The molecule has 1 aliphatic rings. The molecule has 0 spiro atoms. The number of nitrogens with one attached hydrogen (secondary N) is 1. The van der Waals surface area contributed by atoms with Crippen LogP contribution in [0, 0.1) is 5.92 Å². The Kier molecular flexibility index (Phi) is 4.20. The average Bonchev–Trinajstić information content (AvgIpc) is 2.04. The van der Waals surface area contributed by atoms with Gasteiger partial charge in [-0.05, 0) is 39.2 Å². The summed E-state index contributed by atoms with van der Waals surface area (Å²) in [4.78, 5) is 0. The van der Waals surface area contributed by atoms with E-state index in [2.05, 4.69) is 5.32 Å². The zero-order valence-electron chi connectivity index (χ0n) is 8.97. The Morgan fingerprint density at radius 3 is 2.38 bits per heavy atom. The lowest BCUT2D eigenvalue weighted by molar-refractivity contribution is 0.0781. The van der Waals surface area contributed by atoms with Gasteiger partial charge in [-0.2, -0.15) is 0 Å². The Balaban J connectivity index is 2.04. The first-order valence-electron chi connectivity index (χ1n) is 5.51. The number of rotatable bonds is 4. The first kappa shape index (κ1) is 11.0. The van der Waals surface area contributed by atoms with Gasteiger partial charge in [-0.25, -0.2) is 0 Å². The molecule has 0 heterocycles. The van der Waals surface area contributed by atoms with E-state index in [1.54, 1.807) is 0 Å². The smallest absolute Gasteiger partial charge is 0.0715 e. The molecular weight excluding hydrogens is 162 g/mol. The molecule has 2 nitrogen and oxygen atoms in total. The van der Waals surface area contributed by atoms with Crippen molar-refractivity contribution in [1.29, 1.82) is 0 Å². The lowest BCUT2D eigenvalue weighted by atomic mass is 9.89. The topological polar surface area (TPSA) is 32.3 Å². The standard InChI is InChI=1S/C11H23NO/c1-11(2,13)9-12-8-10-6-4-3-5-7-10/h10,12-13H,3-9H2,1-2H3. The molecule has 1 rings (SSSR count). The van der Waals surface area contributed by atoms with Crippen LogP contribution in [0.25, 0.3) is 0 Å². The molecular formula is C11H23NO. The van der Waals surface area contributed by atoms with Crippen molar-refractivity contribution >= 4 is 0 Å². The molecule has 0 aliphatic heterocycles. The Bertz CT molecular complexity index is 134. The molecule has 2 heteroatoms. The minimum atomic E-state index is -0.561. The second-order valence-electron chi connectivity index (χ2n) is 4.95. The van der Waals surface area contributed by atoms with Gasteiger partial charge < -0.3 is 10.4 Å². The first-order chi connectivity index (χ1) is 6.08. The molecule has 78 valence electrons. The van der Waals surface area contributed by atoms with E-state index in [1.807, 2.05) is 13.8 Å². The summed E-state index contributed by atoms with van der Waals surface area (Å²) in [6.07, 6.45) is 6.96. The van der Waals surface area contributed by atoms with Crippen molar-refractivity contribution in [2.45, 2.75) is 51.6 Å². The second-order valence-corrected chi connectivity index (χ2v) is 4.95. The largest absolute Gasteiger partial charge is 0.389 e. The quantitative estimate of drug-likeness (QED) is 0.701. The predicted octanol–water partition coefficient (Wildman–Crippen LogP) is 1.93. The van der Waals surface area contributed by atoms with Crippen molar-refractivity contribution in [3.63, 3.8) is 0 Å². The predicted molar refractivity (Wildman–Crippen MR) is 55.7 cm³/mol. The van der Waals surface area contributed by atoms with Gasteiger partial charge in [-0.3, -0.25) is 0 Å². The maximum atomic E-state index is 9.48. The molecule has 0 unspecified atom stereocenters. The third-order valence-corrected chi connectivity index (χ3v) is 2.72. The van der Waals surface area contributed by atoms with E-state index in [-0.39, 0.29) is 0 Å². The molecule has 0 bridgehead atoms. The molecule has 0 aromatic rings. The van der Waals surface area contributed by atoms with E-state index in [0.29, 0.717) is 6.54 Å². The van der Waals surface area contributed by atoms with Gasteiger partial charge in [0.1, 0.15) is 0 Å². The monoisotopic (exact) mass is 185 g/mol. The number of hydrogen-bond acceptors (Lipinski definition) is 2. The highest BCUT2D eigenvalue weighted by molar-refractivity contribution is 4.72. The molecule has 2 N–H and O–H groups in total. The second kappa shape index (κ2) is 4.97. The van der Waals surface area contributed by atoms with Crippen molar-refractivity contribution in [1.82, 2.24) is 5.32 Å². The van der Waals surface area contributed by atoms with Gasteiger partial charge >= 0.3 is 0 Å².